The molecule has 0 fully saturated rings. The van der Waals surface area contributed by atoms with E-state index in [0.717, 1.165) is 32.7 Å². The number of nitrogens with zero attached hydrogens (tertiary/aromatic N) is 2. The van der Waals surface area contributed by atoms with Crippen LogP contribution in [-0.2, 0) is 0 Å². The molecule has 0 aliphatic rings. The Labute approximate surface area is 135 Å². The first-order valence-corrected chi connectivity index (χ1v) is 7.82. The maximum Gasteiger partial charge on any atom is 0.302 e. The fraction of sp³-hybridized carbons (Fsp3) is 0.125. The Morgan fingerprint density at radius 1 is 1.22 bits per heavy atom. The average molecular weight is 326 g/mol. The van der Waals surface area contributed by atoms with Crippen LogP contribution in [0.5, 0.6) is 5.75 Å². The van der Waals surface area contributed by atoms with Gasteiger partial charge in [-0.1, -0.05) is 11.3 Å². The summed E-state index contributed by atoms with van der Waals surface area (Å²) < 4.78 is 11.9. The number of hydrogen-bond acceptors (Lipinski definition) is 7. The lowest BCUT2D eigenvalue weighted by Crippen LogP contribution is -1.89. The van der Waals surface area contributed by atoms with Gasteiger partial charge in [0.15, 0.2) is 10.7 Å². The van der Waals surface area contributed by atoms with Crippen LogP contribution < -0.4 is 15.8 Å². The quantitative estimate of drug-likeness (QED) is 0.552. The molecule has 0 bridgehead atoms. The number of methoxy groups -OCH3 is 1. The maximum absolute atomic E-state index is 5.88. The Bertz CT molecular complexity index is 1020. The van der Waals surface area contributed by atoms with E-state index in [1.165, 1.54) is 11.3 Å². The van der Waals surface area contributed by atoms with Gasteiger partial charge in [0.2, 0.25) is 0 Å². The molecule has 0 amide bonds. The van der Waals surface area contributed by atoms with E-state index in [4.69, 9.17) is 14.9 Å². The Morgan fingerprint density at radius 3 is 2.91 bits per heavy atom. The van der Waals surface area contributed by atoms with Crippen molar-refractivity contribution >= 4 is 49.5 Å². The van der Waals surface area contributed by atoms with Gasteiger partial charge in [-0.2, -0.15) is 4.98 Å². The van der Waals surface area contributed by atoms with Crippen LogP contribution in [0.25, 0.3) is 21.3 Å². The number of fused-ring (bicyclic) bond motifs is 2. The Balaban J connectivity index is 1.71. The first-order chi connectivity index (χ1) is 11.1. The van der Waals surface area contributed by atoms with Gasteiger partial charge in [-0.25, -0.2) is 4.98 Å². The van der Waals surface area contributed by atoms with Crippen LogP contribution in [0.3, 0.4) is 0 Å². The van der Waals surface area contributed by atoms with Gasteiger partial charge < -0.3 is 14.9 Å². The van der Waals surface area contributed by atoms with Crippen LogP contribution in [0, 0.1) is 6.92 Å². The number of aromatic nitrogens is 2. The average Bonchev–Trinajstić information content (AvgIpc) is 3.09. The number of benzene rings is 2. The second kappa shape index (κ2) is 5.13. The molecular weight excluding hydrogens is 312 g/mol. The summed E-state index contributed by atoms with van der Waals surface area (Å²) in [5, 5.41) is 3.83. The molecule has 0 spiro atoms. The van der Waals surface area contributed by atoms with Gasteiger partial charge >= 0.3 is 6.01 Å². The lowest BCUT2D eigenvalue weighted by molar-refractivity contribution is 0.415. The zero-order valence-corrected chi connectivity index (χ0v) is 13.4. The SMILES string of the molecule is COc1ccc2oc(Nc3nc4c(C)cc(N)cc4s3)nc2c1. The molecule has 0 aliphatic heterocycles. The highest BCUT2D eigenvalue weighted by molar-refractivity contribution is 7.22. The van der Waals surface area contributed by atoms with E-state index in [1.807, 2.05) is 37.3 Å². The summed E-state index contributed by atoms with van der Waals surface area (Å²) in [7, 11) is 1.62. The number of nitrogens with one attached hydrogen (secondary N) is 1. The summed E-state index contributed by atoms with van der Waals surface area (Å²) in [4.78, 5) is 8.99. The highest BCUT2D eigenvalue weighted by Gasteiger charge is 2.11. The summed E-state index contributed by atoms with van der Waals surface area (Å²) >= 11 is 1.51. The predicted molar refractivity (Wildman–Crippen MR) is 92.6 cm³/mol. The molecule has 0 saturated carbocycles. The number of hydrogen-bond donors (Lipinski definition) is 2. The highest BCUT2D eigenvalue weighted by Crippen LogP contribution is 2.32. The first-order valence-electron chi connectivity index (χ1n) is 7.00. The molecule has 4 rings (SSSR count). The standard InChI is InChI=1S/C16H14N4O2S/c1-8-5-9(17)6-13-14(8)19-16(23-13)20-15-18-11-7-10(21-2)3-4-12(11)22-15/h3-7H,17H2,1-2H3,(H,18,19,20). The Morgan fingerprint density at radius 2 is 2.09 bits per heavy atom. The Kier molecular flexibility index (Phi) is 3.09. The van der Waals surface area contributed by atoms with Crippen LogP contribution in [0.15, 0.2) is 34.7 Å². The van der Waals surface area contributed by atoms with Crippen molar-refractivity contribution in [3.63, 3.8) is 0 Å². The number of aryl methyl sites for hydroxylation is 1. The fourth-order valence-corrected chi connectivity index (χ4v) is 3.44. The van der Waals surface area contributed by atoms with E-state index >= 15 is 0 Å². The minimum Gasteiger partial charge on any atom is -0.497 e. The molecule has 2 aromatic heterocycles. The fourth-order valence-electron chi connectivity index (χ4n) is 2.46. The number of ether oxygens (including phenoxy) is 1. The third-order valence-electron chi connectivity index (χ3n) is 3.52. The van der Waals surface area contributed by atoms with Crippen LogP contribution in [0.1, 0.15) is 5.56 Å². The molecule has 6 nitrogen and oxygen atoms in total. The smallest absolute Gasteiger partial charge is 0.302 e. The normalized spacial score (nSPS) is 11.2. The van der Waals surface area contributed by atoms with E-state index in [2.05, 4.69) is 15.3 Å². The van der Waals surface area contributed by atoms with Crippen LogP contribution in [0.2, 0.25) is 0 Å². The largest absolute Gasteiger partial charge is 0.497 e. The van der Waals surface area contributed by atoms with Crippen LogP contribution >= 0.6 is 11.3 Å². The summed E-state index contributed by atoms with van der Waals surface area (Å²) in [6.07, 6.45) is 0. The van der Waals surface area contributed by atoms with Crippen molar-refractivity contribution in [1.29, 1.82) is 0 Å². The molecule has 0 saturated heterocycles. The molecule has 23 heavy (non-hydrogen) atoms. The molecule has 0 unspecified atom stereocenters. The molecule has 116 valence electrons. The lowest BCUT2D eigenvalue weighted by atomic mass is 10.2. The summed E-state index contributed by atoms with van der Waals surface area (Å²) in [6.45, 7) is 1.99. The van der Waals surface area contributed by atoms with Crippen molar-refractivity contribution in [2.24, 2.45) is 0 Å². The Hall–Kier alpha value is -2.80. The topological polar surface area (TPSA) is 86.2 Å². The van der Waals surface area contributed by atoms with E-state index < -0.39 is 0 Å². The van der Waals surface area contributed by atoms with Crippen LogP contribution in [0.4, 0.5) is 16.8 Å². The molecule has 0 radical (unpaired) electrons. The summed E-state index contributed by atoms with van der Waals surface area (Å²) in [5.41, 5.74) is 10.0. The summed E-state index contributed by atoms with van der Waals surface area (Å²) in [5.74, 6) is 0.739. The van der Waals surface area contributed by atoms with Crippen molar-refractivity contribution in [2.45, 2.75) is 6.92 Å². The van der Waals surface area contributed by atoms with Gasteiger partial charge in [0.1, 0.15) is 11.3 Å². The van der Waals surface area contributed by atoms with Gasteiger partial charge in [0, 0.05) is 11.8 Å². The molecule has 2 aromatic carbocycles. The molecule has 2 heterocycles. The second-order valence-corrected chi connectivity index (χ2v) is 6.21. The molecule has 0 atom stereocenters. The number of nitrogen functional groups attached to an aromatic ring is 1. The summed E-state index contributed by atoms with van der Waals surface area (Å²) in [6, 6.07) is 9.72. The van der Waals surface area contributed by atoms with Crippen molar-refractivity contribution in [1.82, 2.24) is 9.97 Å². The zero-order chi connectivity index (χ0) is 16.0. The van der Waals surface area contributed by atoms with Gasteiger partial charge in [-0.15, -0.1) is 0 Å². The minimum absolute atomic E-state index is 0.401. The molecule has 7 heteroatoms. The van der Waals surface area contributed by atoms with E-state index in [1.54, 1.807) is 7.11 Å². The zero-order valence-electron chi connectivity index (χ0n) is 12.6. The van der Waals surface area contributed by atoms with Crippen molar-refractivity contribution in [3.8, 4) is 5.75 Å². The third-order valence-corrected chi connectivity index (χ3v) is 4.43. The van der Waals surface area contributed by atoms with E-state index in [0.29, 0.717) is 16.7 Å². The first kappa shape index (κ1) is 13.8. The molecular formula is C16H14N4O2S. The number of oxazole rings is 1. The maximum atomic E-state index is 5.88. The number of thiazole rings is 1. The van der Waals surface area contributed by atoms with Crippen molar-refractivity contribution < 1.29 is 9.15 Å². The van der Waals surface area contributed by atoms with Crippen molar-refractivity contribution in [3.05, 3.63) is 35.9 Å². The number of nitrogens with two attached hydrogens (primary N) is 1. The van der Waals surface area contributed by atoms with Gasteiger partial charge in [0.25, 0.3) is 0 Å². The monoisotopic (exact) mass is 326 g/mol. The lowest BCUT2D eigenvalue weighted by Gasteiger charge is -1.96. The number of rotatable bonds is 3. The molecule has 4 aromatic rings. The second-order valence-electron chi connectivity index (χ2n) is 5.18. The van der Waals surface area contributed by atoms with Crippen LogP contribution in [-0.4, -0.2) is 17.1 Å². The van der Waals surface area contributed by atoms with E-state index in [9.17, 15) is 0 Å². The number of anilines is 3. The molecule has 0 aliphatic carbocycles. The van der Waals surface area contributed by atoms with Crippen molar-refractivity contribution in [2.75, 3.05) is 18.2 Å². The minimum atomic E-state index is 0.401. The van der Waals surface area contributed by atoms with E-state index in [-0.39, 0.29) is 0 Å². The predicted octanol–water partition coefficient (Wildman–Crippen LogP) is 4.08. The van der Waals surface area contributed by atoms with Gasteiger partial charge in [-0.3, -0.25) is 5.32 Å². The third kappa shape index (κ3) is 2.44. The highest BCUT2D eigenvalue weighted by atomic mass is 32.1. The van der Waals surface area contributed by atoms with Gasteiger partial charge in [-0.05, 0) is 36.8 Å². The molecule has 3 N–H and O–H groups in total. The van der Waals surface area contributed by atoms with Gasteiger partial charge in [0.05, 0.1) is 17.3 Å².